The van der Waals surface area contributed by atoms with E-state index < -0.39 is 0 Å². The van der Waals surface area contributed by atoms with Crippen molar-refractivity contribution in [1.82, 2.24) is 40.8 Å². The Morgan fingerprint density at radius 3 is 2.00 bits per heavy atom. The third-order valence-corrected chi connectivity index (χ3v) is 6.98. The summed E-state index contributed by atoms with van der Waals surface area (Å²) in [4.78, 5) is 0. The number of nitrogens with zero attached hydrogens (tertiary/aromatic N) is 6. The number of hydrogen-bond donors (Lipinski definition) is 2. The van der Waals surface area contributed by atoms with Crippen LogP contribution in [0.2, 0.25) is 0 Å². The largest absolute Gasteiger partial charge is 0.254 e. The first-order valence-corrected chi connectivity index (χ1v) is 11.7. The van der Waals surface area contributed by atoms with Gasteiger partial charge in [-0.15, -0.1) is 10.2 Å². The summed E-state index contributed by atoms with van der Waals surface area (Å²) < 4.78 is 3.88. The molecule has 0 spiro atoms. The van der Waals surface area contributed by atoms with Gasteiger partial charge in [0.1, 0.15) is 5.69 Å². The van der Waals surface area contributed by atoms with Gasteiger partial charge < -0.3 is 0 Å². The van der Waals surface area contributed by atoms with E-state index in [0.717, 1.165) is 43.7 Å². The molecule has 2 aliphatic rings. The third-order valence-electron chi connectivity index (χ3n) is 6.98. The fourth-order valence-electron chi connectivity index (χ4n) is 5.27. The van der Waals surface area contributed by atoms with Crippen LogP contribution in [0.5, 0.6) is 0 Å². The summed E-state index contributed by atoms with van der Waals surface area (Å²) >= 11 is 0. The van der Waals surface area contributed by atoms with Crippen molar-refractivity contribution >= 4 is 0 Å². The highest BCUT2D eigenvalue weighted by Crippen LogP contribution is 2.43. The average Bonchev–Trinajstić information content (AvgIpc) is 3.60. The molecule has 168 valence electrons. The van der Waals surface area contributed by atoms with Gasteiger partial charge in [0.05, 0.1) is 31.0 Å². The molecule has 6 rings (SSSR count). The van der Waals surface area contributed by atoms with Gasteiger partial charge in [0.2, 0.25) is 0 Å². The van der Waals surface area contributed by atoms with E-state index in [9.17, 15) is 0 Å². The van der Waals surface area contributed by atoms with Crippen molar-refractivity contribution in [1.29, 1.82) is 0 Å². The Balaban J connectivity index is 1.14. The summed E-state index contributed by atoms with van der Waals surface area (Å²) in [6.07, 6.45) is 7.49. The first-order valence-electron chi connectivity index (χ1n) is 11.7. The predicted molar refractivity (Wildman–Crippen MR) is 124 cm³/mol. The summed E-state index contributed by atoms with van der Waals surface area (Å²) in [6.45, 7) is 1.48. The van der Waals surface area contributed by atoms with E-state index in [1.165, 1.54) is 11.1 Å². The summed E-state index contributed by atoms with van der Waals surface area (Å²) in [5.41, 5.74) is 11.6. The monoisotopic (exact) mass is 440 g/mol. The Morgan fingerprint density at radius 2 is 1.33 bits per heavy atom. The lowest BCUT2D eigenvalue weighted by molar-refractivity contribution is 0.273. The molecule has 3 heterocycles. The summed E-state index contributed by atoms with van der Waals surface area (Å²) in [6, 6.07) is 21.4. The van der Waals surface area contributed by atoms with Crippen molar-refractivity contribution < 1.29 is 0 Å². The second kappa shape index (κ2) is 8.88. The molecule has 1 aliphatic carbocycles. The second-order valence-corrected chi connectivity index (χ2v) is 9.20. The maximum atomic E-state index is 4.54. The summed E-state index contributed by atoms with van der Waals surface area (Å²) in [5.74, 6) is 0.865. The standard InChI is InChI=1S/C25H28N8/c1-3-7-18(8-4-1)14-32-16-23(27-30-32)20-11-12-22-21(13-20)25(29-26-22)24-17-33(31-28-24)15-19-9-5-2-6-10-19/h1-10,16-17,20-22,25-26,29H,11-15H2. The van der Waals surface area contributed by atoms with Gasteiger partial charge in [0.15, 0.2) is 0 Å². The minimum atomic E-state index is 0.154. The smallest absolute Gasteiger partial charge is 0.101 e. The van der Waals surface area contributed by atoms with Crippen LogP contribution in [0.3, 0.4) is 0 Å². The van der Waals surface area contributed by atoms with Crippen molar-refractivity contribution in [2.75, 3.05) is 0 Å². The van der Waals surface area contributed by atoms with Gasteiger partial charge in [-0.25, -0.2) is 14.8 Å². The molecule has 1 aliphatic heterocycles. The quantitative estimate of drug-likeness (QED) is 0.479. The molecule has 2 aromatic carbocycles. The Kier molecular flexibility index (Phi) is 5.45. The van der Waals surface area contributed by atoms with Crippen LogP contribution in [-0.2, 0) is 13.1 Å². The fraction of sp³-hybridized carbons (Fsp3) is 0.360. The number of aromatic nitrogens is 6. The van der Waals surface area contributed by atoms with Gasteiger partial charge in [-0.2, -0.15) is 0 Å². The number of hydrogen-bond acceptors (Lipinski definition) is 6. The highest BCUT2D eigenvalue weighted by atomic mass is 15.5. The fourth-order valence-corrected chi connectivity index (χ4v) is 5.27. The van der Waals surface area contributed by atoms with Gasteiger partial charge in [0.25, 0.3) is 0 Å². The molecular formula is C25H28N8. The second-order valence-electron chi connectivity index (χ2n) is 9.20. The zero-order chi connectivity index (χ0) is 22.0. The normalized spacial score (nSPS) is 24.6. The Labute approximate surface area is 193 Å². The van der Waals surface area contributed by atoms with Crippen LogP contribution in [-0.4, -0.2) is 36.0 Å². The number of rotatable bonds is 6. The van der Waals surface area contributed by atoms with E-state index in [-0.39, 0.29) is 6.04 Å². The van der Waals surface area contributed by atoms with Crippen LogP contribution in [0.4, 0.5) is 0 Å². The molecule has 8 nitrogen and oxygen atoms in total. The van der Waals surface area contributed by atoms with Gasteiger partial charge in [-0.3, -0.25) is 5.43 Å². The first kappa shape index (κ1) is 20.3. The molecule has 1 saturated heterocycles. The number of benzene rings is 2. The SMILES string of the molecule is c1ccc(Cn2cc(C3CCC4NNC(c5cn(Cc6ccccc6)nn5)C4C3)nn2)cc1. The molecule has 2 N–H and O–H groups in total. The van der Waals surface area contributed by atoms with Crippen molar-refractivity contribution in [3.05, 3.63) is 95.6 Å². The lowest BCUT2D eigenvalue weighted by Gasteiger charge is -2.31. The summed E-state index contributed by atoms with van der Waals surface area (Å²) in [5, 5.41) is 17.8. The molecule has 8 heteroatoms. The highest BCUT2D eigenvalue weighted by Gasteiger charge is 2.43. The van der Waals surface area contributed by atoms with Crippen LogP contribution in [0, 0.1) is 5.92 Å². The highest BCUT2D eigenvalue weighted by molar-refractivity contribution is 5.18. The Morgan fingerprint density at radius 1 is 0.727 bits per heavy atom. The zero-order valence-corrected chi connectivity index (χ0v) is 18.5. The molecule has 0 radical (unpaired) electrons. The van der Waals surface area contributed by atoms with Crippen molar-refractivity contribution in [3.8, 4) is 0 Å². The van der Waals surface area contributed by atoms with E-state index in [1.807, 2.05) is 21.5 Å². The van der Waals surface area contributed by atoms with E-state index in [1.54, 1.807) is 0 Å². The van der Waals surface area contributed by atoms with Crippen LogP contribution in [0.25, 0.3) is 0 Å². The summed E-state index contributed by atoms with van der Waals surface area (Å²) in [7, 11) is 0. The van der Waals surface area contributed by atoms with E-state index in [4.69, 9.17) is 0 Å². The number of nitrogens with one attached hydrogen (secondary N) is 2. The first-order chi connectivity index (χ1) is 16.3. The molecule has 4 atom stereocenters. The van der Waals surface area contributed by atoms with Crippen molar-refractivity contribution in [3.63, 3.8) is 0 Å². The van der Waals surface area contributed by atoms with E-state index in [2.05, 4.69) is 92.4 Å². The molecule has 0 amide bonds. The molecule has 4 aromatic rings. The lowest BCUT2D eigenvalue weighted by Crippen LogP contribution is -2.34. The zero-order valence-electron chi connectivity index (χ0n) is 18.5. The van der Waals surface area contributed by atoms with Crippen LogP contribution < -0.4 is 10.9 Å². The lowest BCUT2D eigenvalue weighted by atomic mass is 9.74. The van der Waals surface area contributed by atoms with Gasteiger partial charge >= 0.3 is 0 Å². The minimum absolute atomic E-state index is 0.154. The minimum Gasteiger partial charge on any atom is -0.254 e. The molecular weight excluding hydrogens is 412 g/mol. The topological polar surface area (TPSA) is 85.5 Å². The Hall–Kier alpha value is -3.36. The van der Waals surface area contributed by atoms with Crippen LogP contribution in [0.15, 0.2) is 73.1 Å². The number of hydrazine groups is 1. The van der Waals surface area contributed by atoms with Crippen molar-refractivity contribution in [2.24, 2.45) is 5.92 Å². The predicted octanol–water partition coefficient (Wildman–Crippen LogP) is 3.07. The molecule has 4 unspecified atom stereocenters. The van der Waals surface area contributed by atoms with Crippen molar-refractivity contribution in [2.45, 2.75) is 50.4 Å². The molecule has 33 heavy (non-hydrogen) atoms. The van der Waals surface area contributed by atoms with Gasteiger partial charge in [0, 0.05) is 18.2 Å². The van der Waals surface area contributed by atoms with Crippen LogP contribution >= 0.6 is 0 Å². The molecule has 2 aromatic heterocycles. The molecule has 2 fully saturated rings. The molecule has 0 bridgehead atoms. The van der Waals surface area contributed by atoms with E-state index in [0.29, 0.717) is 17.9 Å². The maximum absolute atomic E-state index is 4.54. The molecule has 1 saturated carbocycles. The van der Waals surface area contributed by atoms with Gasteiger partial charge in [-0.1, -0.05) is 71.1 Å². The van der Waals surface area contributed by atoms with E-state index >= 15 is 0 Å². The number of fused-ring (bicyclic) bond motifs is 1. The Bertz CT molecular complexity index is 1190. The van der Waals surface area contributed by atoms with Crippen LogP contribution in [0.1, 0.15) is 53.7 Å². The maximum Gasteiger partial charge on any atom is 0.101 e. The third kappa shape index (κ3) is 4.31. The average molecular weight is 441 g/mol. The van der Waals surface area contributed by atoms with Gasteiger partial charge in [-0.05, 0) is 36.3 Å².